The molecule has 0 aliphatic heterocycles. The predicted octanol–water partition coefficient (Wildman–Crippen LogP) is 5.26. The fraction of sp³-hybridized carbons (Fsp3) is 0.0769. The molecule has 22 heavy (non-hydrogen) atoms. The maximum absolute atomic E-state index is 13.7. The molecule has 2 nitrogen and oxygen atoms in total. The maximum Gasteiger partial charge on any atom is 0.416 e. The summed E-state index contributed by atoms with van der Waals surface area (Å²) in [5.41, 5.74) is 3.44. The van der Waals surface area contributed by atoms with Gasteiger partial charge in [-0.1, -0.05) is 0 Å². The molecule has 2 aromatic rings. The molecule has 0 radical (unpaired) electrons. The number of ether oxygens (including phenoxy) is 1. The summed E-state index contributed by atoms with van der Waals surface area (Å²) < 4.78 is 82.6. The molecule has 0 heterocycles. The van der Waals surface area contributed by atoms with E-state index in [1.54, 1.807) is 0 Å². The minimum Gasteiger partial charge on any atom is -0.450 e. The van der Waals surface area contributed by atoms with Crippen LogP contribution in [0.5, 0.6) is 11.5 Å². The van der Waals surface area contributed by atoms with Crippen molar-refractivity contribution in [3.05, 3.63) is 51.8 Å². The molecule has 0 aliphatic carbocycles. The average molecular weight is 386 g/mol. The molecule has 0 atom stereocenters. The first-order chi connectivity index (χ1) is 10.1. The molecule has 0 bridgehead atoms. The molecule has 0 saturated carbocycles. The largest absolute Gasteiger partial charge is 0.450 e. The monoisotopic (exact) mass is 385 g/mol. The predicted molar refractivity (Wildman–Crippen MR) is 69.9 cm³/mol. The Hall–Kier alpha value is -1.90. The summed E-state index contributed by atoms with van der Waals surface area (Å²) in [6.45, 7) is 0. The van der Waals surface area contributed by atoms with E-state index < -0.39 is 34.9 Å². The Morgan fingerprint density at radius 3 is 1.95 bits per heavy atom. The number of hydrogen-bond acceptors (Lipinski definition) is 2. The zero-order valence-electron chi connectivity index (χ0n) is 10.4. The van der Waals surface area contributed by atoms with Crippen LogP contribution in [-0.2, 0) is 6.18 Å². The zero-order chi connectivity index (χ0) is 16.7. The van der Waals surface area contributed by atoms with Gasteiger partial charge >= 0.3 is 6.18 Å². The number of alkyl halides is 3. The topological polar surface area (TPSA) is 35.2 Å². The second-order valence-corrected chi connectivity index (χ2v) is 5.03. The molecule has 0 aromatic heterocycles. The van der Waals surface area contributed by atoms with Gasteiger partial charge in [0, 0.05) is 6.07 Å². The molecule has 0 saturated heterocycles. The molecular formula is C13H6BrF6NO. The van der Waals surface area contributed by atoms with Gasteiger partial charge in [0.1, 0.15) is 11.6 Å². The molecule has 0 unspecified atom stereocenters. The molecule has 0 fully saturated rings. The summed E-state index contributed by atoms with van der Waals surface area (Å²) in [6.07, 6.45) is -4.90. The number of rotatable bonds is 2. The van der Waals surface area contributed by atoms with Crippen LogP contribution in [0.15, 0.2) is 28.7 Å². The standard InChI is InChI=1S/C13H6BrF6NO/c14-6-3-7(15)10(21)4-11(6)22-12-8(16)1-5(2-9(12)17)13(18,19)20/h1-4H,21H2. The molecule has 0 aliphatic rings. The van der Waals surface area contributed by atoms with Crippen molar-refractivity contribution in [3.8, 4) is 11.5 Å². The minimum atomic E-state index is -4.90. The highest BCUT2D eigenvalue weighted by Gasteiger charge is 2.33. The Bertz CT molecular complexity index is 708. The summed E-state index contributed by atoms with van der Waals surface area (Å²) >= 11 is 2.89. The quantitative estimate of drug-likeness (QED) is 0.565. The van der Waals surface area contributed by atoms with Crippen LogP contribution in [-0.4, -0.2) is 0 Å². The minimum absolute atomic E-state index is 0.0158. The fourth-order valence-corrected chi connectivity index (χ4v) is 1.95. The van der Waals surface area contributed by atoms with Crippen LogP contribution < -0.4 is 10.5 Å². The van der Waals surface area contributed by atoms with Crippen LogP contribution in [0.25, 0.3) is 0 Å². The van der Waals surface area contributed by atoms with E-state index in [1.165, 1.54) is 0 Å². The van der Waals surface area contributed by atoms with E-state index in [4.69, 9.17) is 10.5 Å². The molecule has 2 N–H and O–H groups in total. The third kappa shape index (κ3) is 3.29. The Kier molecular flexibility index (Phi) is 4.28. The van der Waals surface area contributed by atoms with Gasteiger partial charge in [0.2, 0.25) is 0 Å². The lowest BCUT2D eigenvalue weighted by Crippen LogP contribution is -2.07. The van der Waals surface area contributed by atoms with Gasteiger partial charge in [-0.2, -0.15) is 13.2 Å². The zero-order valence-corrected chi connectivity index (χ0v) is 12.0. The van der Waals surface area contributed by atoms with Crippen LogP contribution in [0, 0.1) is 17.5 Å². The lowest BCUT2D eigenvalue weighted by Gasteiger charge is -2.13. The SMILES string of the molecule is Nc1cc(Oc2c(F)cc(C(F)(F)F)cc2F)c(Br)cc1F. The van der Waals surface area contributed by atoms with Gasteiger partial charge < -0.3 is 10.5 Å². The van der Waals surface area contributed by atoms with Crippen molar-refractivity contribution in [1.29, 1.82) is 0 Å². The number of hydrogen-bond donors (Lipinski definition) is 1. The number of nitrogen functional groups attached to an aromatic ring is 1. The van der Waals surface area contributed by atoms with Crippen molar-refractivity contribution in [2.45, 2.75) is 6.18 Å². The van der Waals surface area contributed by atoms with E-state index in [-0.39, 0.29) is 28.0 Å². The van der Waals surface area contributed by atoms with Crippen molar-refractivity contribution >= 4 is 21.6 Å². The molecule has 0 amide bonds. The smallest absolute Gasteiger partial charge is 0.416 e. The Balaban J connectivity index is 2.45. The lowest BCUT2D eigenvalue weighted by atomic mass is 10.2. The van der Waals surface area contributed by atoms with Crippen molar-refractivity contribution < 1.29 is 31.1 Å². The van der Waals surface area contributed by atoms with E-state index in [1.807, 2.05) is 0 Å². The fourth-order valence-electron chi connectivity index (χ4n) is 1.55. The maximum atomic E-state index is 13.7. The first kappa shape index (κ1) is 16.5. The van der Waals surface area contributed by atoms with Crippen LogP contribution >= 0.6 is 15.9 Å². The van der Waals surface area contributed by atoms with E-state index >= 15 is 0 Å². The summed E-state index contributed by atoms with van der Waals surface area (Å²) in [4.78, 5) is 0. The van der Waals surface area contributed by atoms with Crippen LogP contribution in [0.2, 0.25) is 0 Å². The highest BCUT2D eigenvalue weighted by atomic mass is 79.9. The van der Waals surface area contributed by atoms with Gasteiger partial charge in [0.25, 0.3) is 0 Å². The molecule has 2 aromatic carbocycles. The summed E-state index contributed by atoms with van der Waals surface area (Å²) in [5.74, 6) is -5.21. The van der Waals surface area contributed by atoms with Crippen molar-refractivity contribution in [1.82, 2.24) is 0 Å². The van der Waals surface area contributed by atoms with Crippen molar-refractivity contribution in [2.24, 2.45) is 0 Å². The third-order valence-corrected chi connectivity index (χ3v) is 3.21. The lowest BCUT2D eigenvalue weighted by molar-refractivity contribution is -0.138. The molecule has 118 valence electrons. The van der Waals surface area contributed by atoms with E-state index in [2.05, 4.69) is 15.9 Å². The Morgan fingerprint density at radius 2 is 1.45 bits per heavy atom. The average Bonchev–Trinajstić information content (AvgIpc) is 2.38. The van der Waals surface area contributed by atoms with Gasteiger partial charge in [0.05, 0.1) is 15.7 Å². The molecular weight excluding hydrogens is 380 g/mol. The summed E-state index contributed by atoms with van der Waals surface area (Å²) in [6, 6.07) is 2.03. The Labute approximate surface area is 128 Å². The van der Waals surface area contributed by atoms with Crippen LogP contribution in [0.3, 0.4) is 0 Å². The van der Waals surface area contributed by atoms with Gasteiger partial charge in [-0.15, -0.1) is 0 Å². The first-order valence-electron chi connectivity index (χ1n) is 5.58. The van der Waals surface area contributed by atoms with Crippen molar-refractivity contribution in [3.63, 3.8) is 0 Å². The van der Waals surface area contributed by atoms with E-state index in [0.717, 1.165) is 12.1 Å². The molecule has 9 heteroatoms. The summed E-state index contributed by atoms with van der Waals surface area (Å²) in [5, 5.41) is 0. The normalized spacial score (nSPS) is 11.6. The van der Waals surface area contributed by atoms with E-state index in [0.29, 0.717) is 0 Å². The van der Waals surface area contributed by atoms with Crippen LogP contribution in [0.4, 0.5) is 32.0 Å². The van der Waals surface area contributed by atoms with Gasteiger partial charge in [-0.05, 0) is 34.1 Å². The van der Waals surface area contributed by atoms with Crippen molar-refractivity contribution in [2.75, 3.05) is 5.73 Å². The second-order valence-electron chi connectivity index (χ2n) is 4.17. The Morgan fingerprint density at radius 1 is 0.909 bits per heavy atom. The van der Waals surface area contributed by atoms with Gasteiger partial charge in [-0.3, -0.25) is 0 Å². The highest BCUT2D eigenvalue weighted by molar-refractivity contribution is 9.10. The number of halogens is 7. The third-order valence-electron chi connectivity index (χ3n) is 2.59. The van der Waals surface area contributed by atoms with Gasteiger partial charge in [-0.25, -0.2) is 13.2 Å². The number of nitrogens with two attached hydrogens (primary N) is 1. The molecule has 2 rings (SSSR count). The van der Waals surface area contributed by atoms with E-state index in [9.17, 15) is 26.3 Å². The first-order valence-corrected chi connectivity index (χ1v) is 6.37. The van der Waals surface area contributed by atoms with Crippen LogP contribution in [0.1, 0.15) is 5.56 Å². The number of benzene rings is 2. The highest BCUT2D eigenvalue weighted by Crippen LogP contribution is 2.38. The molecule has 0 spiro atoms. The number of anilines is 1. The van der Waals surface area contributed by atoms with Gasteiger partial charge in [0.15, 0.2) is 17.4 Å². The second kappa shape index (κ2) is 5.71. The summed E-state index contributed by atoms with van der Waals surface area (Å²) in [7, 11) is 0.